The number of nitrogens with zero attached hydrogens (tertiary/aromatic N) is 3. The predicted octanol–water partition coefficient (Wildman–Crippen LogP) is 4.80. The van der Waals surface area contributed by atoms with Crippen molar-refractivity contribution >= 4 is 58.2 Å². The van der Waals surface area contributed by atoms with Crippen LogP contribution in [0.25, 0.3) is 11.8 Å². The van der Waals surface area contributed by atoms with Crippen LogP contribution in [0.4, 0.5) is 11.4 Å². The van der Waals surface area contributed by atoms with Crippen LogP contribution < -0.4 is 10.2 Å². The highest BCUT2D eigenvalue weighted by molar-refractivity contribution is 7.80. The fourth-order valence-corrected chi connectivity index (χ4v) is 4.47. The highest BCUT2D eigenvalue weighted by atomic mass is 35.5. The summed E-state index contributed by atoms with van der Waals surface area (Å²) in [4.78, 5) is 37.9. The Morgan fingerprint density at radius 3 is 2.41 bits per heavy atom. The Morgan fingerprint density at radius 1 is 1.06 bits per heavy atom. The second-order valence-corrected chi connectivity index (χ2v) is 8.59. The monoisotopic (exact) mass is 494 g/mol. The van der Waals surface area contributed by atoms with Crippen molar-refractivity contribution in [3.8, 4) is 5.69 Å². The third kappa shape index (κ3) is 4.00. The first kappa shape index (κ1) is 23.3. The number of nitro benzene ring substituents is 1. The summed E-state index contributed by atoms with van der Waals surface area (Å²) in [5.41, 5.74) is 4.03. The topological polar surface area (TPSA) is 97.5 Å². The van der Waals surface area contributed by atoms with Crippen molar-refractivity contribution in [1.29, 1.82) is 0 Å². The molecule has 172 valence electrons. The Labute approximate surface area is 205 Å². The second-order valence-electron chi connectivity index (χ2n) is 7.80. The van der Waals surface area contributed by atoms with Gasteiger partial charge >= 0.3 is 0 Å². The van der Waals surface area contributed by atoms with Crippen molar-refractivity contribution in [3.63, 3.8) is 0 Å². The van der Waals surface area contributed by atoms with Gasteiger partial charge in [0, 0.05) is 29.2 Å². The number of anilines is 1. The molecule has 0 radical (unpaired) electrons. The average Bonchev–Trinajstić information content (AvgIpc) is 3.05. The Hall–Kier alpha value is -3.82. The number of benzene rings is 2. The molecule has 2 heterocycles. The number of nitro groups is 1. The molecule has 2 amide bonds. The summed E-state index contributed by atoms with van der Waals surface area (Å²) >= 11 is 11.5. The molecule has 1 aliphatic rings. The van der Waals surface area contributed by atoms with Gasteiger partial charge in [0.15, 0.2) is 5.11 Å². The largest absolute Gasteiger partial charge is 0.318 e. The Morgan fingerprint density at radius 2 is 1.76 bits per heavy atom. The highest BCUT2D eigenvalue weighted by Crippen LogP contribution is 2.31. The lowest BCUT2D eigenvalue weighted by molar-refractivity contribution is -0.384. The van der Waals surface area contributed by atoms with E-state index in [0.717, 1.165) is 22.6 Å². The maximum absolute atomic E-state index is 13.3. The molecule has 34 heavy (non-hydrogen) atoms. The van der Waals surface area contributed by atoms with E-state index in [9.17, 15) is 19.7 Å². The van der Waals surface area contributed by atoms with Crippen molar-refractivity contribution in [1.82, 2.24) is 9.88 Å². The first-order valence-corrected chi connectivity index (χ1v) is 11.0. The number of halogens is 1. The number of rotatable bonds is 4. The van der Waals surface area contributed by atoms with Crippen LogP contribution in [0, 0.1) is 30.9 Å². The number of amides is 2. The van der Waals surface area contributed by atoms with Crippen LogP contribution in [-0.2, 0) is 9.59 Å². The molecule has 10 heteroatoms. The highest BCUT2D eigenvalue weighted by Gasteiger charge is 2.35. The van der Waals surface area contributed by atoms with Crippen LogP contribution in [0.1, 0.15) is 22.5 Å². The molecule has 8 nitrogen and oxygen atoms in total. The molecule has 2 aromatic carbocycles. The van der Waals surface area contributed by atoms with Crippen LogP contribution in [-0.4, -0.2) is 26.4 Å². The van der Waals surface area contributed by atoms with Gasteiger partial charge in [-0.15, -0.1) is 0 Å². The van der Waals surface area contributed by atoms with E-state index < -0.39 is 16.7 Å². The van der Waals surface area contributed by atoms with E-state index in [1.54, 1.807) is 37.3 Å². The summed E-state index contributed by atoms with van der Waals surface area (Å²) in [5, 5.41) is 13.9. The zero-order valence-corrected chi connectivity index (χ0v) is 20.0. The summed E-state index contributed by atoms with van der Waals surface area (Å²) in [6, 6.07) is 13.2. The quantitative estimate of drug-likeness (QED) is 0.185. The third-order valence-corrected chi connectivity index (χ3v) is 6.20. The molecule has 0 spiro atoms. The molecule has 1 aliphatic heterocycles. The van der Waals surface area contributed by atoms with Crippen molar-refractivity contribution in [3.05, 3.63) is 91.8 Å². The predicted molar refractivity (Wildman–Crippen MR) is 134 cm³/mol. The van der Waals surface area contributed by atoms with Gasteiger partial charge in [-0.1, -0.05) is 23.7 Å². The first-order valence-electron chi connectivity index (χ1n) is 10.2. The number of para-hydroxylation sites is 1. The number of non-ortho nitro benzene ring substituents is 1. The first-order chi connectivity index (χ1) is 16.1. The normalized spacial score (nSPS) is 15.1. The molecular weight excluding hydrogens is 476 g/mol. The molecule has 0 atom stereocenters. The minimum Gasteiger partial charge on any atom is -0.318 e. The summed E-state index contributed by atoms with van der Waals surface area (Å²) in [5.74, 6) is -1.19. The van der Waals surface area contributed by atoms with Crippen molar-refractivity contribution < 1.29 is 14.5 Å². The minimum absolute atomic E-state index is 0.00570. The van der Waals surface area contributed by atoms with Crippen molar-refractivity contribution in [2.75, 3.05) is 4.90 Å². The number of hydrogen-bond acceptors (Lipinski definition) is 5. The van der Waals surface area contributed by atoms with E-state index >= 15 is 0 Å². The van der Waals surface area contributed by atoms with Gasteiger partial charge in [0.2, 0.25) is 0 Å². The summed E-state index contributed by atoms with van der Waals surface area (Å²) in [7, 11) is 0. The Bertz CT molecular complexity index is 1430. The molecule has 0 saturated carbocycles. The number of carbonyl (C=O) groups is 2. The fraction of sp³-hybridized carbons (Fsp3) is 0.125. The van der Waals surface area contributed by atoms with Crippen LogP contribution in [0.3, 0.4) is 0 Å². The molecule has 3 aromatic rings. The number of carbonyl (C=O) groups excluding carboxylic acids is 2. The van der Waals surface area contributed by atoms with E-state index in [-0.39, 0.29) is 16.4 Å². The number of nitrogens with one attached hydrogen (secondary N) is 1. The molecule has 1 aromatic heterocycles. The Kier molecular flexibility index (Phi) is 6.07. The van der Waals surface area contributed by atoms with Crippen LogP contribution in [0.5, 0.6) is 0 Å². The molecule has 1 fully saturated rings. The van der Waals surface area contributed by atoms with E-state index in [1.165, 1.54) is 23.1 Å². The summed E-state index contributed by atoms with van der Waals surface area (Å²) in [6.45, 7) is 5.52. The van der Waals surface area contributed by atoms with E-state index in [2.05, 4.69) is 5.32 Å². The van der Waals surface area contributed by atoms with Gasteiger partial charge < -0.3 is 4.57 Å². The molecule has 4 rings (SSSR count). The molecule has 0 bridgehead atoms. The van der Waals surface area contributed by atoms with Crippen LogP contribution >= 0.6 is 23.8 Å². The SMILES string of the molecule is Cc1cc([N+](=O)[O-])ccc1-n1c(C)cc(/C=C2\C(=O)NC(=S)N(c3ccccc3Cl)C2=O)c1C. The second kappa shape index (κ2) is 8.85. The Balaban J connectivity index is 1.78. The number of thiocarbonyl (C=S) groups is 1. The lowest BCUT2D eigenvalue weighted by atomic mass is 10.1. The summed E-state index contributed by atoms with van der Waals surface area (Å²) in [6.07, 6.45) is 1.52. The van der Waals surface area contributed by atoms with Crippen molar-refractivity contribution in [2.24, 2.45) is 0 Å². The molecule has 0 unspecified atom stereocenters. The van der Waals surface area contributed by atoms with Gasteiger partial charge in [-0.05, 0) is 74.5 Å². The lowest BCUT2D eigenvalue weighted by Gasteiger charge is -2.29. The fourth-order valence-electron chi connectivity index (χ4n) is 3.97. The maximum atomic E-state index is 13.3. The molecule has 0 aliphatic carbocycles. The maximum Gasteiger partial charge on any atom is 0.270 e. The molecular formula is C24H19ClN4O4S. The molecule has 1 saturated heterocycles. The standard InChI is InChI=1S/C24H19ClN4O4S/c1-13-10-17(29(32)33)8-9-20(13)27-14(2)11-16(15(27)3)12-18-22(30)26-24(34)28(23(18)31)21-7-5-4-6-19(21)25/h4-12H,1-3H3,(H,26,30,34)/b18-12+. The zero-order valence-electron chi connectivity index (χ0n) is 18.5. The number of aryl methyl sites for hydroxylation is 2. The third-order valence-electron chi connectivity index (χ3n) is 5.60. The van der Waals surface area contributed by atoms with Gasteiger partial charge in [0.25, 0.3) is 17.5 Å². The van der Waals surface area contributed by atoms with E-state index in [1.807, 2.05) is 24.5 Å². The smallest absolute Gasteiger partial charge is 0.270 e. The number of aromatic nitrogens is 1. The molecule has 1 N–H and O–H groups in total. The van der Waals surface area contributed by atoms with Gasteiger partial charge in [-0.25, -0.2) is 0 Å². The van der Waals surface area contributed by atoms with Crippen LogP contribution in [0.2, 0.25) is 5.02 Å². The van der Waals surface area contributed by atoms with Gasteiger partial charge in [-0.2, -0.15) is 0 Å². The minimum atomic E-state index is -0.602. The van der Waals surface area contributed by atoms with Crippen molar-refractivity contribution in [2.45, 2.75) is 20.8 Å². The lowest BCUT2D eigenvalue weighted by Crippen LogP contribution is -2.54. The number of hydrogen-bond donors (Lipinski definition) is 1. The average molecular weight is 495 g/mol. The van der Waals surface area contributed by atoms with Gasteiger partial charge in [0.1, 0.15) is 5.57 Å². The summed E-state index contributed by atoms with van der Waals surface area (Å²) < 4.78 is 1.92. The van der Waals surface area contributed by atoms with E-state index in [0.29, 0.717) is 16.3 Å². The van der Waals surface area contributed by atoms with Crippen LogP contribution in [0.15, 0.2) is 54.1 Å². The van der Waals surface area contributed by atoms with Gasteiger partial charge in [-0.3, -0.25) is 29.9 Å². The zero-order chi connectivity index (χ0) is 24.7. The van der Waals surface area contributed by atoms with Gasteiger partial charge in [0.05, 0.1) is 15.6 Å². The van der Waals surface area contributed by atoms with E-state index in [4.69, 9.17) is 23.8 Å².